The first-order chi connectivity index (χ1) is 7.74. The van der Waals surface area contributed by atoms with E-state index >= 15 is 0 Å². The molecular formula is C12H13FN2O. The SMILES string of the molecule is O=C(Nc1cccc(F)c1)C1C2CNC1C2. The molecule has 0 aromatic heterocycles. The first-order valence-electron chi connectivity index (χ1n) is 5.54. The van der Waals surface area contributed by atoms with Gasteiger partial charge in [0, 0.05) is 11.7 Å². The van der Waals surface area contributed by atoms with Crippen LogP contribution < -0.4 is 10.6 Å². The summed E-state index contributed by atoms with van der Waals surface area (Å²) in [6, 6.07) is 6.34. The normalized spacial score (nSPS) is 30.9. The minimum Gasteiger partial charge on any atom is -0.326 e. The van der Waals surface area contributed by atoms with Gasteiger partial charge in [-0.3, -0.25) is 4.79 Å². The van der Waals surface area contributed by atoms with Crippen LogP contribution in [-0.2, 0) is 4.79 Å². The molecule has 2 bridgehead atoms. The Morgan fingerprint density at radius 1 is 1.50 bits per heavy atom. The molecule has 2 saturated heterocycles. The van der Waals surface area contributed by atoms with Crippen LogP contribution in [-0.4, -0.2) is 18.5 Å². The first-order valence-corrected chi connectivity index (χ1v) is 5.54. The van der Waals surface area contributed by atoms with Crippen molar-refractivity contribution in [2.75, 3.05) is 11.9 Å². The standard InChI is InChI=1S/C12H13FN2O/c13-8-2-1-3-9(5-8)15-12(16)11-7-4-10(11)14-6-7/h1-3,5,7,10-11,14H,4,6H2,(H,15,16). The van der Waals surface area contributed by atoms with E-state index < -0.39 is 0 Å². The number of hydrogen-bond donors (Lipinski definition) is 2. The highest BCUT2D eigenvalue weighted by Crippen LogP contribution is 2.40. The minimum atomic E-state index is -0.326. The molecule has 3 fully saturated rings. The second-order valence-corrected chi connectivity index (χ2v) is 4.54. The van der Waals surface area contributed by atoms with Crippen molar-refractivity contribution < 1.29 is 9.18 Å². The van der Waals surface area contributed by atoms with Crippen LogP contribution in [0.5, 0.6) is 0 Å². The molecule has 4 rings (SSSR count). The summed E-state index contributed by atoms with van der Waals surface area (Å²) in [5, 5.41) is 6.05. The van der Waals surface area contributed by atoms with E-state index in [1.807, 2.05) is 0 Å². The monoisotopic (exact) mass is 220 g/mol. The third-order valence-corrected chi connectivity index (χ3v) is 3.54. The van der Waals surface area contributed by atoms with Crippen LogP contribution in [0.4, 0.5) is 10.1 Å². The van der Waals surface area contributed by atoms with Gasteiger partial charge in [-0.05, 0) is 37.1 Å². The van der Waals surface area contributed by atoms with Gasteiger partial charge >= 0.3 is 0 Å². The fourth-order valence-corrected chi connectivity index (χ4v) is 2.66. The fourth-order valence-electron chi connectivity index (χ4n) is 2.66. The number of anilines is 1. The largest absolute Gasteiger partial charge is 0.326 e. The Kier molecular flexibility index (Phi) is 2.17. The fraction of sp³-hybridized carbons (Fsp3) is 0.417. The maximum absolute atomic E-state index is 12.9. The highest BCUT2D eigenvalue weighted by Gasteiger charge is 2.50. The van der Waals surface area contributed by atoms with E-state index in [0.29, 0.717) is 17.6 Å². The van der Waals surface area contributed by atoms with Crippen molar-refractivity contribution in [2.45, 2.75) is 12.5 Å². The number of rotatable bonds is 2. The van der Waals surface area contributed by atoms with Crippen LogP contribution in [0, 0.1) is 17.7 Å². The number of carbonyl (C=O) groups is 1. The maximum atomic E-state index is 12.9. The number of benzene rings is 1. The maximum Gasteiger partial charge on any atom is 0.229 e. The van der Waals surface area contributed by atoms with Gasteiger partial charge in [-0.2, -0.15) is 0 Å². The predicted molar refractivity (Wildman–Crippen MR) is 58.4 cm³/mol. The Bertz CT molecular complexity index is 421. The molecule has 3 atom stereocenters. The number of fused-ring (bicyclic) bond motifs is 1. The molecule has 3 aliphatic rings. The van der Waals surface area contributed by atoms with Crippen LogP contribution in [0.25, 0.3) is 0 Å². The molecule has 2 aliphatic heterocycles. The molecule has 1 saturated carbocycles. The highest BCUT2D eigenvalue weighted by molar-refractivity contribution is 5.94. The van der Waals surface area contributed by atoms with Gasteiger partial charge in [0.2, 0.25) is 5.91 Å². The van der Waals surface area contributed by atoms with Crippen molar-refractivity contribution in [3.8, 4) is 0 Å². The number of nitrogens with one attached hydrogen (secondary N) is 2. The lowest BCUT2D eigenvalue weighted by Gasteiger charge is -2.32. The summed E-state index contributed by atoms with van der Waals surface area (Å²) in [6.07, 6.45) is 1.10. The zero-order chi connectivity index (χ0) is 11.1. The van der Waals surface area contributed by atoms with Crippen LogP contribution in [0.1, 0.15) is 6.42 Å². The highest BCUT2D eigenvalue weighted by atomic mass is 19.1. The Labute approximate surface area is 93.0 Å². The second kappa shape index (κ2) is 3.56. The summed E-state index contributed by atoms with van der Waals surface area (Å²) in [5.41, 5.74) is 0.538. The molecule has 2 heterocycles. The van der Waals surface area contributed by atoms with Gasteiger partial charge in [-0.1, -0.05) is 6.07 Å². The molecule has 2 N–H and O–H groups in total. The smallest absolute Gasteiger partial charge is 0.229 e. The molecule has 0 radical (unpaired) electrons. The van der Waals surface area contributed by atoms with Crippen LogP contribution in [0.3, 0.4) is 0 Å². The molecular weight excluding hydrogens is 207 g/mol. The lowest BCUT2D eigenvalue weighted by Crippen LogP contribution is -2.44. The Morgan fingerprint density at radius 2 is 2.38 bits per heavy atom. The van der Waals surface area contributed by atoms with E-state index in [4.69, 9.17) is 0 Å². The molecule has 84 valence electrons. The van der Waals surface area contributed by atoms with E-state index in [-0.39, 0.29) is 17.6 Å². The summed E-state index contributed by atoms with van der Waals surface area (Å²) in [6.45, 7) is 0.936. The van der Waals surface area contributed by atoms with Gasteiger partial charge < -0.3 is 10.6 Å². The van der Waals surface area contributed by atoms with E-state index in [9.17, 15) is 9.18 Å². The predicted octanol–water partition coefficient (Wildman–Crippen LogP) is 1.37. The molecule has 1 aliphatic carbocycles. The lowest BCUT2D eigenvalue weighted by atomic mass is 9.73. The molecule has 4 heteroatoms. The number of amides is 1. The van der Waals surface area contributed by atoms with Crippen LogP contribution in [0.15, 0.2) is 24.3 Å². The van der Waals surface area contributed by atoms with Crippen LogP contribution >= 0.6 is 0 Å². The van der Waals surface area contributed by atoms with Crippen LogP contribution in [0.2, 0.25) is 0 Å². The molecule has 16 heavy (non-hydrogen) atoms. The zero-order valence-corrected chi connectivity index (χ0v) is 8.74. The minimum absolute atomic E-state index is 0.0110. The van der Waals surface area contributed by atoms with Crippen molar-refractivity contribution in [3.05, 3.63) is 30.1 Å². The van der Waals surface area contributed by atoms with Gasteiger partial charge in [0.1, 0.15) is 5.82 Å². The van der Waals surface area contributed by atoms with Gasteiger partial charge in [-0.25, -0.2) is 4.39 Å². The number of hydrogen-bond acceptors (Lipinski definition) is 2. The van der Waals surface area contributed by atoms with Crippen molar-refractivity contribution in [2.24, 2.45) is 11.8 Å². The first kappa shape index (κ1) is 9.78. The van der Waals surface area contributed by atoms with Gasteiger partial charge in [0.25, 0.3) is 0 Å². The lowest BCUT2D eigenvalue weighted by molar-refractivity contribution is -0.123. The van der Waals surface area contributed by atoms with Crippen molar-refractivity contribution >= 4 is 11.6 Å². The van der Waals surface area contributed by atoms with Gasteiger partial charge in [-0.15, -0.1) is 0 Å². The summed E-state index contributed by atoms with van der Waals surface area (Å²) < 4.78 is 12.9. The molecule has 0 spiro atoms. The zero-order valence-electron chi connectivity index (χ0n) is 8.74. The quantitative estimate of drug-likeness (QED) is 0.790. The molecule has 1 amide bonds. The second-order valence-electron chi connectivity index (χ2n) is 4.54. The van der Waals surface area contributed by atoms with Crippen molar-refractivity contribution in [1.82, 2.24) is 5.32 Å². The third kappa shape index (κ3) is 1.50. The summed E-state index contributed by atoms with van der Waals surface area (Å²) in [5.74, 6) is 0.228. The molecule has 3 unspecified atom stereocenters. The molecule has 3 nitrogen and oxygen atoms in total. The average molecular weight is 220 g/mol. The van der Waals surface area contributed by atoms with Gasteiger partial charge in [0.15, 0.2) is 0 Å². The summed E-state index contributed by atoms with van der Waals surface area (Å²) in [4.78, 5) is 11.9. The molecule has 1 aromatic rings. The van der Waals surface area contributed by atoms with E-state index in [2.05, 4.69) is 10.6 Å². The third-order valence-electron chi connectivity index (χ3n) is 3.54. The number of halogens is 1. The van der Waals surface area contributed by atoms with Gasteiger partial charge in [0.05, 0.1) is 5.92 Å². The number of carbonyl (C=O) groups excluding carboxylic acids is 1. The van der Waals surface area contributed by atoms with E-state index in [1.54, 1.807) is 12.1 Å². The average Bonchev–Trinajstić information content (AvgIpc) is 2.78. The summed E-state index contributed by atoms with van der Waals surface area (Å²) >= 11 is 0. The van der Waals surface area contributed by atoms with Crippen molar-refractivity contribution in [1.29, 1.82) is 0 Å². The molecule has 1 aromatic carbocycles. The Balaban J connectivity index is 1.69. The van der Waals surface area contributed by atoms with Crippen molar-refractivity contribution in [3.63, 3.8) is 0 Å². The Hall–Kier alpha value is -1.42. The van der Waals surface area contributed by atoms with E-state index in [0.717, 1.165) is 13.0 Å². The Morgan fingerprint density at radius 3 is 3.00 bits per heavy atom. The summed E-state index contributed by atoms with van der Waals surface area (Å²) in [7, 11) is 0. The van der Waals surface area contributed by atoms with E-state index in [1.165, 1.54) is 12.1 Å². The topological polar surface area (TPSA) is 41.1 Å².